The van der Waals surface area contributed by atoms with Crippen molar-refractivity contribution in [2.45, 2.75) is 25.8 Å². The lowest BCUT2D eigenvalue weighted by Gasteiger charge is -2.37. The number of carbonyl (C=O) groups is 2. The number of hydrogen-bond donors (Lipinski definition) is 1. The molecule has 0 bridgehead atoms. The molecule has 0 spiro atoms. The molecule has 0 radical (unpaired) electrons. The Bertz CT molecular complexity index is 560. The van der Waals surface area contributed by atoms with Crippen LogP contribution in [-0.4, -0.2) is 72.2 Å². The quantitative estimate of drug-likeness (QED) is 0.863. The molecule has 3 amide bonds. The first-order chi connectivity index (χ1) is 11.1. The van der Waals surface area contributed by atoms with E-state index >= 15 is 0 Å². The molecule has 126 valence electrons. The summed E-state index contributed by atoms with van der Waals surface area (Å²) in [5, 5.41) is 2.97. The number of likely N-dealkylation sites (tertiary alicyclic amines) is 1. The molecule has 23 heavy (non-hydrogen) atoms. The number of aromatic nitrogens is 1. The highest BCUT2D eigenvalue weighted by Gasteiger charge is 2.28. The molecule has 0 aliphatic carbocycles. The maximum absolute atomic E-state index is 12.4. The molecule has 8 nitrogen and oxygen atoms in total. The van der Waals surface area contributed by atoms with Crippen LogP contribution in [0.5, 0.6) is 0 Å². The van der Waals surface area contributed by atoms with Gasteiger partial charge >= 0.3 is 6.03 Å². The Morgan fingerprint density at radius 2 is 1.83 bits per heavy atom. The minimum absolute atomic E-state index is 0.0624. The number of aryl methyl sites for hydroxylation is 1. The highest BCUT2D eigenvalue weighted by Crippen LogP contribution is 2.14. The summed E-state index contributed by atoms with van der Waals surface area (Å²) in [6.07, 6.45) is 2.77. The molecule has 0 aromatic carbocycles. The molecular formula is C15H22N4O4. The van der Waals surface area contributed by atoms with Crippen LogP contribution in [0.2, 0.25) is 0 Å². The lowest BCUT2D eigenvalue weighted by molar-refractivity contribution is 0.0407. The Morgan fingerprint density at radius 3 is 2.43 bits per heavy atom. The van der Waals surface area contributed by atoms with Crippen LogP contribution in [-0.2, 0) is 4.74 Å². The van der Waals surface area contributed by atoms with Crippen molar-refractivity contribution in [2.75, 3.05) is 39.4 Å². The fourth-order valence-corrected chi connectivity index (χ4v) is 2.95. The van der Waals surface area contributed by atoms with Gasteiger partial charge in [0.1, 0.15) is 5.76 Å². The number of morpholine rings is 1. The van der Waals surface area contributed by atoms with Gasteiger partial charge in [0.05, 0.1) is 13.2 Å². The fraction of sp³-hybridized carbons (Fsp3) is 0.667. The number of amides is 3. The lowest BCUT2D eigenvalue weighted by Crippen LogP contribution is -2.52. The van der Waals surface area contributed by atoms with Crippen molar-refractivity contribution in [1.29, 1.82) is 0 Å². The number of piperidine rings is 1. The van der Waals surface area contributed by atoms with Crippen LogP contribution in [0.1, 0.15) is 29.1 Å². The van der Waals surface area contributed by atoms with Gasteiger partial charge in [0, 0.05) is 32.2 Å². The highest BCUT2D eigenvalue weighted by molar-refractivity contribution is 5.93. The standard InChI is InChI=1S/C15H22N4O4/c1-11-13(16-10-23-11)14(20)17-12-2-4-18(5-3-12)15(21)19-6-8-22-9-7-19/h10,12H,2-9H2,1H3,(H,17,20). The van der Waals surface area contributed by atoms with Gasteiger partial charge in [-0.3, -0.25) is 4.79 Å². The first-order valence-electron chi connectivity index (χ1n) is 7.97. The van der Waals surface area contributed by atoms with E-state index < -0.39 is 0 Å². The van der Waals surface area contributed by atoms with Crippen LogP contribution in [0, 0.1) is 6.92 Å². The summed E-state index contributed by atoms with van der Waals surface area (Å²) in [5.74, 6) is 0.302. The van der Waals surface area contributed by atoms with Gasteiger partial charge in [0.25, 0.3) is 5.91 Å². The predicted octanol–water partition coefficient (Wildman–Crippen LogP) is 0.629. The smallest absolute Gasteiger partial charge is 0.320 e. The molecule has 0 atom stereocenters. The van der Waals surface area contributed by atoms with Gasteiger partial charge in [0.15, 0.2) is 12.1 Å². The summed E-state index contributed by atoms with van der Waals surface area (Å²) in [4.78, 5) is 32.1. The number of oxazole rings is 1. The van der Waals surface area contributed by atoms with E-state index in [1.165, 1.54) is 6.39 Å². The second-order valence-electron chi connectivity index (χ2n) is 5.87. The number of ether oxygens (including phenoxy) is 1. The van der Waals surface area contributed by atoms with Gasteiger partial charge in [0.2, 0.25) is 0 Å². The molecule has 0 saturated carbocycles. The first kappa shape index (κ1) is 15.8. The van der Waals surface area contributed by atoms with E-state index in [-0.39, 0.29) is 18.0 Å². The maximum atomic E-state index is 12.4. The van der Waals surface area contributed by atoms with E-state index in [4.69, 9.17) is 9.15 Å². The van der Waals surface area contributed by atoms with Crippen LogP contribution in [0.25, 0.3) is 0 Å². The number of urea groups is 1. The molecule has 2 aliphatic rings. The van der Waals surface area contributed by atoms with Crippen molar-refractivity contribution in [2.24, 2.45) is 0 Å². The Kier molecular flexibility index (Phi) is 4.80. The van der Waals surface area contributed by atoms with Gasteiger partial charge < -0.3 is 24.3 Å². The average molecular weight is 322 g/mol. The van der Waals surface area contributed by atoms with E-state index in [0.29, 0.717) is 50.8 Å². The van der Waals surface area contributed by atoms with Crippen molar-refractivity contribution in [1.82, 2.24) is 20.1 Å². The normalized spacial score (nSPS) is 19.7. The first-order valence-corrected chi connectivity index (χ1v) is 7.97. The number of hydrogen-bond acceptors (Lipinski definition) is 5. The lowest BCUT2D eigenvalue weighted by atomic mass is 10.0. The van der Waals surface area contributed by atoms with E-state index in [9.17, 15) is 9.59 Å². The SMILES string of the molecule is Cc1ocnc1C(=O)NC1CCN(C(=O)N2CCOCC2)CC1. The second kappa shape index (κ2) is 6.99. The topological polar surface area (TPSA) is 87.9 Å². The van der Waals surface area contributed by atoms with Crippen LogP contribution in [0.4, 0.5) is 4.79 Å². The van der Waals surface area contributed by atoms with E-state index in [2.05, 4.69) is 10.3 Å². The molecule has 1 N–H and O–H groups in total. The van der Waals surface area contributed by atoms with E-state index in [0.717, 1.165) is 12.8 Å². The number of nitrogens with one attached hydrogen (secondary N) is 1. The van der Waals surface area contributed by atoms with Crippen LogP contribution in [0.15, 0.2) is 10.8 Å². The summed E-state index contributed by atoms with van der Waals surface area (Å²) in [6.45, 7) is 5.54. The monoisotopic (exact) mass is 322 g/mol. The molecule has 8 heteroatoms. The van der Waals surface area contributed by atoms with Crippen molar-refractivity contribution < 1.29 is 18.7 Å². The number of nitrogens with zero attached hydrogens (tertiary/aromatic N) is 3. The second-order valence-corrected chi connectivity index (χ2v) is 5.87. The van der Waals surface area contributed by atoms with Gasteiger partial charge in [-0.2, -0.15) is 0 Å². The van der Waals surface area contributed by atoms with Gasteiger partial charge in [-0.15, -0.1) is 0 Å². The summed E-state index contributed by atoms with van der Waals surface area (Å²) in [6, 6.07) is 0.137. The van der Waals surface area contributed by atoms with Crippen molar-refractivity contribution in [3.8, 4) is 0 Å². The zero-order valence-electron chi connectivity index (χ0n) is 13.3. The number of carbonyl (C=O) groups excluding carboxylic acids is 2. The Hall–Kier alpha value is -2.09. The maximum Gasteiger partial charge on any atom is 0.320 e. The van der Waals surface area contributed by atoms with Crippen molar-refractivity contribution >= 4 is 11.9 Å². The molecular weight excluding hydrogens is 300 g/mol. The third-order valence-corrected chi connectivity index (χ3v) is 4.34. The molecule has 3 rings (SSSR count). The largest absolute Gasteiger partial charge is 0.448 e. The third-order valence-electron chi connectivity index (χ3n) is 4.34. The summed E-state index contributed by atoms with van der Waals surface area (Å²) in [7, 11) is 0. The molecule has 2 fully saturated rings. The minimum atomic E-state index is -0.214. The predicted molar refractivity (Wildman–Crippen MR) is 81.1 cm³/mol. The Balaban J connectivity index is 1.47. The van der Waals surface area contributed by atoms with Crippen molar-refractivity contribution in [3.05, 3.63) is 17.8 Å². The zero-order valence-corrected chi connectivity index (χ0v) is 13.3. The average Bonchev–Trinajstić information content (AvgIpc) is 3.02. The van der Waals surface area contributed by atoms with Gasteiger partial charge in [-0.1, -0.05) is 0 Å². The summed E-state index contributed by atoms with van der Waals surface area (Å²) in [5.41, 5.74) is 0.330. The van der Waals surface area contributed by atoms with Crippen LogP contribution >= 0.6 is 0 Å². The summed E-state index contributed by atoms with van der Waals surface area (Å²) >= 11 is 0. The minimum Gasteiger partial charge on any atom is -0.448 e. The highest BCUT2D eigenvalue weighted by atomic mass is 16.5. The Labute approximate surface area is 134 Å². The van der Waals surface area contributed by atoms with Gasteiger partial charge in [-0.25, -0.2) is 9.78 Å². The molecule has 2 saturated heterocycles. The Morgan fingerprint density at radius 1 is 1.17 bits per heavy atom. The summed E-state index contributed by atoms with van der Waals surface area (Å²) < 4.78 is 10.3. The van der Waals surface area contributed by atoms with Crippen molar-refractivity contribution in [3.63, 3.8) is 0 Å². The molecule has 1 aromatic heterocycles. The van der Waals surface area contributed by atoms with E-state index in [1.54, 1.807) is 6.92 Å². The van der Waals surface area contributed by atoms with Crippen LogP contribution in [0.3, 0.4) is 0 Å². The zero-order chi connectivity index (χ0) is 16.2. The molecule has 0 unspecified atom stereocenters. The molecule has 1 aromatic rings. The van der Waals surface area contributed by atoms with Gasteiger partial charge in [-0.05, 0) is 19.8 Å². The van der Waals surface area contributed by atoms with E-state index in [1.807, 2.05) is 9.80 Å². The fourth-order valence-electron chi connectivity index (χ4n) is 2.95. The van der Waals surface area contributed by atoms with Crippen LogP contribution < -0.4 is 5.32 Å². The molecule has 3 heterocycles. The number of rotatable bonds is 2. The molecule has 2 aliphatic heterocycles. The third kappa shape index (κ3) is 3.64.